The molecule has 2 N–H and O–H groups in total. The number of carbonyl (C=O) groups is 1. The Labute approximate surface area is 101 Å². The van der Waals surface area contributed by atoms with Gasteiger partial charge in [0.2, 0.25) is 0 Å². The molecule has 1 aromatic rings. The molecule has 5 heteroatoms. The summed E-state index contributed by atoms with van der Waals surface area (Å²) >= 11 is 0. The Kier molecular flexibility index (Phi) is 3.78. The minimum atomic E-state index is -0.706. The molecule has 0 bridgehead atoms. The molecule has 0 spiro atoms. The summed E-state index contributed by atoms with van der Waals surface area (Å²) < 4.78 is 1.95. The van der Waals surface area contributed by atoms with Gasteiger partial charge in [-0.1, -0.05) is 19.3 Å². The summed E-state index contributed by atoms with van der Waals surface area (Å²) in [7, 11) is 0. The van der Waals surface area contributed by atoms with E-state index < -0.39 is 11.5 Å². The lowest BCUT2D eigenvalue weighted by Gasteiger charge is -2.34. The highest BCUT2D eigenvalue weighted by molar-refractivity contribution is 5.78. The monoisotopic (exact) mass is 237 g/mol. The molecular formula is C12H19N3O2. The molecule has 1 aromatic heterocycles. The van der Waals surface area contributed by atoms with Crippen LogP contribution >= 0.6 is 0 Å². The van der Waals surface area contributed by atoms with Crippen molar-refractivity contribution in [1.29, 1.82) is 0 Å². The van der Waals surface area contributed by atoms with Crippen molar-refractivity contribution in [3.8, 4) is 0 Å². The van der Waals surface area contributed by atoms with Crippen molar-refractivity contribution >= 4 is 5.97 Å². The second kappa shape index (κ2) is 5.31. The second-order valence-corrected chi connectivity index (χ2v) is 4.68. The Morgan fingerprint density at radius 1 is 1.41 bits per heavy atom. The van der Waals surface area contributed by atoms with Crippen molar-refractivity contribution in [3.63, 3.8) is 0 Å². The predicted octanol–water partition coefficient (Wildman–Crippen LogP) is 1.26. The highest BCUT2D eigenvalue weighted by atomic mass is 16.4. The van der Waals surface area contributed by atoms with Crippen LogP contribution in [-0.2, 0) is 11.3 Å². The van der Waals surface area contributed by atoms with Crippen molar-refractivity contribution < 1.29 is 9.90 Å². The molecular weight excluding hydrogens is 218 g/mol. The van der Waals surface area contributed by atoms with Gasteiger partial charge >= 0.3 is 5.97 Å². The van der Waals surface area contributed by atoms with E-state index in [0.717, 1.165) is 38.6 Å². The third kappa shape index (κ3) is 2.85. The topological polar surface area (TPSA) is 67.2 Å². The van der Waals surface area contributed by atoms with E-state index in [1.165, 1.54) is 0 Å². The summed E-state index contributed by atoms with van der Waals surface area (Å²) in [6.07, 6.45) is 10.0. The van der Waals surface area contributed by atoms with Crippen LogP contribution in [0, 0.1) is 0 Å². The Morgan fingerprint density at radius 3 is 2.76 bits per heavy atom. The van der Waals surface area contributed by atoms with Crippen LogP contribution in [0.5, 0.6) is 0 Å². The Morgan fingerprint density at radius 2 is 2.18 bits per heavy atom. The molecule has 17 heavy (non-hydrogen) atoms. The number of aliphatic carboxylic acids is 1. The van der Waals surface area contributed by atoms with E-state index in [-0.39, 0.29) is 0 Å². The maximum Gasteiger partial charge on any atom is 0.323 e. The van der Waals surface area contributed by atoms with Gasteiger partial charge in [0.25, 0.3) is 0 Å². The van der Waals surface area contributed by atoms with E-state index in [1.54, 1.807) is 12.5 Å². The lowest BCUT2D eigenvalue weighted by atomic mass is 9.81. The molecule has 1 aliphatic rings. The second-order valence-electron chi connectivity index (χ2n) is 4.68. The van der Waals surface area contributed by atoms with Gasteiger partial charge in [-0.2, -0.15) is 0 Å². The molecule has 0 saturated heterocycles. The van der Waals surface area contributed by atoms with Gasteiger partial charge in [0, 0.05) is 25.5 Å². The minimum Gasteiger partial charge on any atom is -0.480 e. The standard InChI is InChI=1S/C12H19N3O2/c16-11(17)12(4-2-1-3-5-12)14-7-9-15-8-6-13-10-15/h6,8,10,14H,1-5,7,9H2,(H,16,17). The average Bonchev–Trinajstić information content (AvgIpc) is 2.83. The molecule has 1 aliphatic carbocycles. The molecule has 0 amide bonds. The van der Waals surface area contributed by atoms with E-state index in [4.69, 9.17) is 0 Å². The van der Waals surface area contributed by atoms with Gasteiger partial charge in [0.1, 0.15) is 5.54 Å². The SMILES string of the molecule is O=C(O)C1(NCCn2ccnc2)CCCCC1. The van der Waals surface area contributed by atoms with Gasteiger partial charge in [-0.3, -0.25) is 4.79 Å². The number of rotatable bonds is 5. The first-order valence-electron chi connectivity index (χ1n) is 6.17. The quantitative estimate of drug-likeness (QED) is 0.809. The zero-order valence-electron chi connectivity index (χ0n) is 9.93. The number of aromatic nitrogens is 2. The lowest BCUT2D eigenvalue weighted by molar-refractivity contribution is -0.146. The van der Waals surface area contributed by atoms with Crippen LogP contribution < -0.4 is 5.32 Å². The summed E-state index contributed by atoms with van der Waals surface area (Å²) in [4.78, 5) is 15.3. The molecule has 0 aromatic carbocycles. The van der Waals surface area contributed by atoms with Gasteiger partial charge in [-0.15, -0.1) is 0 Å². The molecule has 5 nitrogen and oxygen atoms in total. The smallest absolute Gasteiger partial charge is 0.323 e. The third-order valence-corrected chi connectivity index (χ3v) is 3.51. The number of carboxylic acids is 1. The number of imidazole rings is 1. The molecule has 1 fully saturated rings. The largest absolute Gasteiger partial charge is 0.480 e. The van der Waals surface area contributed by atoms with Gasteiger partial charge < -0.3 is 15.0 Å². The summed E-state index contributed by atoms with van der Waals surface area (Å²) in [6.45, 7) is 1.43. The average molecular weight is 237 g/mol. The van der Waals surface area contributed by atoms with E-state index in [2.05, 4.69) is 10.3 Å². The van der Waals surface area contributed by atoms with Crippen LogP contribution in [0.15, 0.2) is 18.7 Å². The van der Waals surface area contributed by atoms with Crippen LogP contribution in [0.25, 0.3) is 0 Å². The van der Waals surface area contributed by atoms with E-state index >= 15 is 0 Å². The molecule has 0 radical (unpaired) electrons. The summed E-state index contributed by atoms with van der Waals surface area (Å²) in [6, 6.07) is 0. The number of carboxylic acid groups (broad SMARTS) is 1. The summed E-state index contributed by atoms with van der Waals surface area (Å²) in [5.74, 6) is -0.706. The maximum absolute atomic E-state index is 11.4. The van der Waals surface area contributed by atoms with Crippen molar-refractivity contribution in [3.05, 3.63) is 18.7 Å². The van der Waals surface area contributed by atoms with Crippen LogP contribution in [0.3, 0.4) is 0 Å². The Hall–Kier alpha value is -1.36. The molecule has 94 valence electrons. The van der Waals surface area contributed by atoms with Crippen LogP contribution in [0.4, 0.5) is 0 Å². The van der Waals surface area contributed by atoms with Crippen molar-refractivity contribution in [2.75, 3.05) is 6.54 Å². The first-order chi connectivity index (χ1) is 8.23. The normalized spacial score (nSPS) is 19.1. The van der Waals surface area contributed by atoms with Crippen molar-refractivity contribution in [1.82, 2.24) is 14.9 Å². The fraction of sp³-hybridized carbons (Fsp3) is 0.667. The summed E-state index contributed by atoms with van der Waals surface area (Å²) in [5, 5.41) is 12.6. The molecule has 0 atom stereocenters. The van der Waals surface area contributed by atoms with E-state index in [0.29, 0.717) is 6.54 Å². The van der Waals surface area contributed by atoms with Gasteiger partial charge in [0.05, 0.1) is 6.33 Å². The Balaban J connectivity index is 1.87. The number of hydrogen-bond donors (Lipinski definition) is 2. The molecule has 2 rings (SSSR count). The summed E-state index contributed by atoms with van der Waals surface area (Å²) in [5.41, 5.74) is -0.696. The fourth-order valence-electron chi connectivity index (χ4n) is 2.46. The number of nitrogens with zero attached hydrogens (tertiary/aromatic N) is 2. The zero-order valence-corrected chi connectivity index (χ0v) is 9.93. The number of nitrogens with one attached hydrogen (secondary N) is 1. The Bertz CT molecular complexity index is 356. The van der Waals surface area contributed by atoms with E-state index in [9.17, 15) is 9.90 Å². The molecule has 0 unspecified atom stereocenters. The number of hydrogen-bond acceptors (Lipinski definition) is 3. The van der Waals surface area contributed by atoms with Crippen LogP contribution in [0.2, 0.25) is 0 Å². The lowest BCUT2D eigenvalue weighted by Crippen LogP contribution is -2.54. The van der Waals surface area contributed by atoms with Crippen molar-refractivity contribution in [2.45, 2.75) is 44.2 Å². The molecule has 1 saturated carbocycles. The highest BCUT2D eigenvalue weighted by Crippen LogP contribution is 2.28. The molecule has 0 aliphatic heterocycles. The first-order valence-corrected chi connectivity index (χ1v) is 6.17. The maximum atomic E-state index is 11.4. The first kappa shape index (κ1) is 12.1. The van der Waals surface area contributed by atoms with E-state index in [1.807, 2.05) is 10.8 Å². The van der Waals surface area contributed by atoms with Gasteiger partial charge in [-0.25, -0.2) is 4.98 Å². The van der Waals surface area contributed by atoms with Crippen LogP contribution in [-0.4, -0.2) is 32.7 Å². The zero-order chi connectivity index (χ0) is 12.1. The fourth-order valence-corrected chi connectivity index (χ4v) is 2.46. The highest BCUT2D eigenvalue weighted by Gasteiger charge is 2.38. The van der Waals surface area contributed by atoms with Crippen molar-refractivity contribution in [2.24, 2.45) is 0 Å². The third-order valence-electron chi connectivity index (χ3n) is 3.51. The minimum absolute atomic E-state index is 0.669. The van der Waals surface area contributed by atoms with Gasteiger partial charge in [-0.05, 0) is 12.8 Å². The van der Waals surface area contributed by atoms with Gasteiger partial charge in [0.15, 0.2) is 0 Å². The molecule has 1 heterocycles. The predicted molar refractivity (Wildman–Crippen MR) is 63.7 cm³/mol. The van der Waals surface area contributed by atoms with Crippen LogP contribution in [0.1, 0.15) is 32.1 Å².